The summed E-state index contributed by atoms with van der Waals surface area (Å²) in [6, 6.07) is 0. The van der Waals surface area contributed by atoms with Crippen molar-refractivity contribution in [2.75, 3.05) is 26.4 Å². The van der Waals surface area contributed by atoms with Gasteiger partial charge in [0, 0.05) is 19.3 Å². The summed E-state index contributed by atoms with van der Waals surface area (Å²) in [6.07, 6.45) is 51.8. The minimum Gasteiger partial charge on any atom is -0.481 e. The van der Waals surface area contributed by atoms with Crippen LogP contribution in [0.2, 0.25) is 0 Å². The largest absolute Gasteiger partial charge is 0.481 e. The lowest BCUT2D eigenvalue weighted by molar-refractivity contribution is -0.138. The number of carbonyl (C=O) groups is 3. The Bertz CT molecular complexity index is 767. The molecule has 0 aliphatic heterocycles. The van der Waals surface area contributed by atoms with Crippen LogP contribution in [0.5, 0.6) is 0 Å². The zero-order chi connectivity index (χ0) is 47.8. The lowest BCUT2D eigenvalue weighted by Crippen LogP contribution is -2.37. The molecule has 0 aliphatic carbocycles. The third-order valence-corrected chi connectivity index (χ3v) is 11.8. The quantitative estimate of drug-likeness (QED) is 0.0289. The fraction of sp³-hybridized carbons (Fsp3) is 0.943. The highest BCUT2D eigenvalue weighted by atomic mass is 16.4. The second kappa shape index (κ2) is 60.2. The maximum absolute atomic E-state index is 10.3. The van der Waals surface area contributed by atoms with Gasteiger partial charge in [0.15, 0.2) is 0 Å². The molecule has 7 N–H and O–H groups in total. The molecule has 0 radical (unpaired) electrons. The topological polar surface area (TPSA) is 193 Å². The van der Waals surface area contributed by atoms with E-state index in [1.165, 1.54) is 212 Å². The van der Waals surface area contributed by atoms with E-state index >= 15 is 0 Å². The summed E-state index contributed by atoms with van der Waals surface area (Å²) in [5.41, 5.74) is -1.11. The first kappa shape index (κ1) is 67.8. The summed E-state index contributed by atoms with van der Waals surface area (Å²) in [6.45, 7) is 5.16. The molecule has 0 heterocycles. The molecule has 0 bridgehead atoms. The lowest BCUT2D eigenvalue weighted by atomic mass is 9.93. The Hall–Kier alpha value is -1.75. The fourth-order valence-corrected chi connectivity index (χ4v) is 7.18. The maximum Gasteiger partial charge on any atom is 0.303 e. The Kier molecular flexibility index (Phi) is 64.9. The molecule has 0 aromatic rings. The van der Waals surface area contributed by atoms with Crippen LogP contribution >= 0.6 is 0 Å². The number of aliphatic carboxylic acids is 3. The van der Waals surface area contributed by atoms with Gasteiger partial charge in [0.05, 0.1) is 31.8 Å². The van der Waals surface area contributed by atoms with Gasteiger partial charge in [-0.3, -0.25) is 14.4 Å². The van der Waals surface area contributed by atoms with Gasteiger partial charge in [-0.2, -0.15) is 0 Å². The van der Waals surface area contributed by atoms with E-state index in [9.17, 15) is 14.4 Å². The lowest BCUT2D eigenvalue weighted by Gasteiger charge is -2.23. The van der Waals surface area contributed by atoms with Crippen molar-refractivity contribution in [3.8, 4) is 0 Å². The van der Waals surface area contributed by atoms with E-state index in [1.54, 1.807) is 0 Å². The highest BCUT2D eigenvalue weighted by molar-refractivity contribution is 5.67. The third kappa shape index (κ3) is 67.0. The van der Waals surface area contributed by atoms with E-state index in [0.29, 0.717) is 19.3 Å². The van der Waals surface area contributed by atoms with Gasteiger partial charge < -0.3 is 35.7 Å². The Balaban J connectivity index is -0.000000378. The summed E-state index contributed by atoms with van der Waals surface area (Å²) in [7, 11) is 0. The number of hydrogen-bond donors (Lipinski definition) is 7. The summed E-state index contributed by atoms with van der Waals surface area (Å²) >= 11 is 0. The molecular weight excluding hydrogens is 797 g/mol. The molecule has 0 fully saturated rings. The van der Waals surface area contributed by atoms with Crippen molar-refractivity contribution in [2.45, 2.75) is 290 Å². The zero-order valence-electron chi connectivity index (χ0n) is 41.9. The van der Waals surface area contributed by atoms with E-state index < -0.39 is 49.8 Å². The minimum absolute atomic E-state index is 0.345. The van der Waals surface area contributed by atoms with Crippen molar-refractivity contribution in [3.05, 3.63) is 0 Å². The van der Waals surface area contributed by atoms with Gasteiger partial charge >= 0.3 is 17.9 Å². The number of unbranched alkanes of at least 4 members (excludes halogenated alkanes) is 36. The van der Waals surface area contributed by atoms with Crippen LogP contribution in [-0.2, 0) is 14.4 Å². The molecule has 10 heteroatoms. The molecule has 63 heavy (non-hydrogen) atoms. The van der Waals surface area contributed by atoms with Crippen LogP contribution < -0.4 is 0 Å². The Morgan fingerprint density at radius 3 is 0.476 bits per heavy atom. The first-order valence-electron chi connectivity index (χ1n) is 26.6. The molecule has 0 spiro atoms. The minimum atomic E-state index is -1.11. The fourth-order valence-electron chi connectivity index (χ4n) is 7.18. The molecule has 0 saturated carbocycles. The average Bonchev–Trinajstić information content (AvgIpc) is 3.27. The molecule has 0 saturated heterocycles. The van der Waals surface area contributed by atoms with Crippen LogP contribution in [0.4, 0.5) is 0 Å². The SMILES string of the molecule is CCCCCCCCCCCCCCCC(=O)O.CCCCCCCCCCCCCCCC(=O)O.CCCCCCCCCCCCCCCC(=O)O.OCC(CO)(CO)CO. The van der Waals surface area contributed by atoms with Gasteiger partial charge in [0.2, 0.25) is 0 Å². The summed E-state index contributed by atoms with van der Waals surface area (Å²) < 4.78 is 0. The van der Waals surface area contributed by atoms with Gasteiger partial charge in [0.1, 0.15) is 0 Å². The first-order valence-corrected chi connectivity index (χ1v) is 26.6. The number of hydrogen-bond acceptors (Lipinski definition) is 7. The third-order valence-electron chi connectivity index (χ3n) is 11.8. The standard InChI is InChI=1S/3C16H32O2.C5H12O4/c3*1-2-3-4-5-6-7-8-9-10-11-12-13-14-15-16(17)18;6-1-5(2-7,3-8)4-9/h3*2-15H2,1H3,(H,17,18);6-9H,1-4H2. The average molecular weight is 905 g/mol. The summed E-state index contributed by atoms with van der Waals surface area (Å²) in [5.74, 6) is -1.96. The number of rotatable bonds is 46. The molecule has 0 unspecified atom stereocenters. The molecule has 0 aromatic carbocycles. The Morgan fingerprint density at radius 1 is 0.254 bits per heavy atom. The van der Waals surface area contributed by atoms with Crippen LogP contribution in [0.3, 0.4) is 0 Å². The number of carboxylic acids is 3. The van der Waals surface area contributed by atoms with Crippen LogP contribution in [0.15, 0.2) is 0 Å². The molecule has 380 valence electrons. The summed E-state index contributed by atoms with van der Waals surface area (Å²) in [4.78, 5) is 30.9. The van der Waals surface area contributed by atoms with Crippen molar-refractivity contribution >= 4 is 17.9 Å². The molecule has 10 nitrogen and oxygen atoms in total. The van der Waals surface area contributed by atoms with Crippen molar-refractivity contribution in [1.82, 2.24) is 0 Å². The van der Waals surface area contributed by atoms with E-state index in [4.69, 9.17) is 35.7 Å². The Morgan fingerprint density at radius 2 is 0.381 bits per heavy atom. The first-order chi connectivity index (χ1) is 30.6. The zero-order valence-corrected chi connectivity index (χ0v) is 41.9. The van der Waals surface area contributed by atoms with Crippen molar-refractivity contribution < 1.29 is 50.1 Å². The number of aliphatic hydroxyl groups is 4. The van der Waals surface area contributed by atoms with E-state index in [1.807, 2.05) is 0 Å². The predicted octanol–water partition coefficient (Wildman–Crippen LogP) is 14.6. The molecule has 0 aromatic heterocycles. The van der Waals surface area contributed by atoms with Crippen LogP contribution in [-0.4, -0.2) is 80.1 Å². The normalized spacial score (nSPS) is 10.9. The second-order valence-electron chi connectivity index (χ2n) is 18.3. The monoisotopic (exact) mass is 905 g/mol. The highest BCUT2D eigenvalue weighted by Gasteiger charge is 2.26. The second-order valence-corrected chi connectivity index (χ2v) is 18.3. The highest BCUT2D eigenvalue weighted by Crippen LogP contribution is 2.16. The van der Waals surface area contributed by atoms with E-state index in [-0.39, 0.29) is 0 Å². The van der Waals surface area contributed by atoms with E-state index in [2.05, 4.69) is 20.8 Å². The van der Waals surface area contributed by atoms with Gasteiger partial charge in [0.25, 0.3) is 0 Å². The molecule has 0 aliphatic rings. The molecular formula is C53H108O10. The molecule has 0 atom stereocenters. The van der Waals surface area contributed by atoms with Crippen LogP contribution in [0.1, 0.15) is 290 Å². The molecule has 0 amide bonds. The predicted molar refractivity (Wildman–Crippen MR) is 265 cm³/mol. The van der Waals surface area contributed by atoms with Crippen molar-refractivity contribution in [1.29, 1.82) is 0 Å². The van der Waals surface area contributed by atoms with Gasteiger partial charge in [-0.25, -0.2) is 0 Å². The van der Waals surface area contributed by atoms with E-state index in [0.717, 1.165) is 38.5 Å². The van der Waals surface area contributed by atoms with Crippen molar-refractivity contribution in [3.63, 3.8) is 0 Å². The van der Waals surface area contributed by atoms with Crippen molar-refractivity contribution in [2.24, 2.45) is 5.41 Å². The van der Waals surface area contributed by atoms with Gasteiger partial charge in [-0.15, -0.1) is 0 Å². The summed E-state index contributed by atoms with van der Waals surface area (Å²) in [5, 5.41) is 59.5. The Labute approximate surface area is 389 Å². The van der Waals surface area contributed by atoms with Crippen LogP contribution in [0, 0.1) is 5.41 Å². The van der Waals surface area contributed by atoms with Gasteiger partial charge in [-0.1, -0.05) is 252 Å². The molecule has 0 rings (SSSR count). The van der Waals surface area contributed by atoms with Gasteiger partial charge in [-0.05, 0) is 19.3 Å². The maximum atomic E-state index is 10.3. The van der Waals surface area contributed by atoms with Crippen LogP contribution in [0.25, 0.3) is 0 Å². The number of carboxylic acid groups (broad SMARTS) is 3. The smallest absolute Gasteiger partial charge is 0.303 e. The number of aliphatic hydroxyl groups excluding tert-OH is 4.